The Kier molecular flexibility index (Phi) is 7.04. The second kappa shape index (κ2) is 10.4. The minimum atomic E-state index is -0.323. The molecule has 8 heteroatoms. The first-order chi connectivity index (χ1) is 18.7. The van der Waals surface area contributed by atoms with Gasteiger partial charge in [-0.05, 0) is 74.6 Å². The van der Waals surface area contributed by atoms with E-state index < -0.39 is 0 Å². The van der Waals surface area contributed by atoms with Crippen molar-refractivity contribution in [2.75, 3.05) is 0 Å². The van der Waals surface area contributed by atoms with Crippen LogP contribution < -0.4 is 5.32 Å². The minimum absolute atomic E-state index is 0.218. The topological polar surface area (TPSA) is 77.1 Å². The maximum absolute atomic E-state index is 13.7. The normalized spacial score (nSPS) is 13.0. The number of halogens is 1. The lowest BCUT2D eigenvalue weighted by Crippen LogP contribution is -2.29. The molecule has 0 aliphatic heterocycles. The van der Waals surface area contributed by atoms with Gasteiger partial charge in [0.15, 0.2) is 5.65 Å². The van der Waals surface area contributed by atoms with Crippen LogP contribution in [-0.4, -0.2) is 30.3 Å². The molecule has 3 aromatic heterocycles. The van der Waals surface area contributed by atoms with Gasteiger partial charge in [0.1, 0.15) is 11.5 Å². The zero-order chi connectivity index (χ0) is 27.8. The quantitative estimate of drug-likeness (QED) is 0.262. The van der Waals surface area contributed by atoms with Crippen LogP contribution in [0.5, 0.6) is 0 Å². The molecule has 0 radical (unpaired) electrons. The van der Waals surface area contributed by atoms with Crippen molar-refractivity contribution >= 4 is 11.6 Å². The molecule has 2 aromatic carbocycles. The summed E-state index contributed by atoms with van der Waals surface area (Å²) in [5.41, 5.74) is 7.81. The molecule has 2 unspecified atom stereocenters. The molecule has 3 heterocycles. The molecule has 1 N–H and O–H groups in total. The molecule has 5 rings (SSSR count). The highest BCUT2D eigenvalue weighted by molar-refractivity contribution is 5.95. The van der Waals surface area contributed by atoms with Gasteiger partial charge < -0.3 is 5.32 Å². The van der Waals surface area contributed by atoms with Crippen molar-refractivity contribution in [1.29, 1.82) is 0 Å². The van der Waals surface area contributed by atoms with Crippen molar-refractivity contribution in [3.05, 3.63) is 94.7 Å². The lowest BCUT2D eigenvalue weighted by Gasteiger charge is -2.17. The second-order valence-corrected chi connectivity index (χ2v) is 10.2. The summed E-state index contributed by atoms with van der Waals surface area (Å²) in [7, 11) is 1.89. The van der Waals surface area contributed by atoms with Gasteiger partial charge in [-0.2, -0.15) is 10.2 Å². The summed E-state index contributed by atoms with van der Waals surface area (Å²) in [6.45, 7) is 10.3. The third kappa shape index (κ3) is 5.06. The number of carbonyl (C=O) groups is 1. The molecule has 200 valence electrons. The van der Waals surface area contributed by atoms with Crippen LogP contribution in [0.3, 0.4) is 0 Å². The molecule has 1 amide bonds. The molecule has 7 nitrogen and oxygen atoms in total. The average molecular weight is 525 g/mol. The van der Waals surface area contributed by atoms with Crippen molar-refractivity contribution in [2.24, 2.45) is 7.05 Å². The van der Waals surface area contributed by atoms with E-state index in [2.05, 4.69) is 53.6 Å². The molecule has 0 bridgehead atoms. The van der Waals surface area contributed by atoms with E-state index in [-0.39, 0.29) is 17.8 Å². The number of carbonyl (C=O) groups excluding carboxylic acids is 1. The maximum Gasteiger partial charge on any atom is 0.270 e. The van der Waals surface area contributed by atoms with Crippen molar-refractivity contribution in [2.45, 2.75) is 53.0 Å². The van der Waals surface area contributed by atoms with Gasteiger partial charge in [-0.1, -0.05) is 38.1 Å². The van der Waals surface area contributed by atoms with Crippen LogP contribution in [0, 0.1) is 19.7 Å². The Bertz CT molecular complexity index is 1650. The van der Waals surface area contributed by atoms with Crippen LogP contribution in [-0.2, 0) is 7.05 Å². The van der Waals surface area contributed by atoms with Gasteiger partial charge in [0.2, 0.25) is 0 Å². The maximum atomic E-state index is 13.7. The number of hydrogen-bond acceptors (Lipinski definition) is 4. The van der Waals surface area contributed by atoms with Crippen molar-refractivity contribution in [3.8, 4) is 22.5 Å². The molecule has 0 spiro atoms. The van der Waals surface area contributed by atoms with E-state index >= 15 is 0 Å². The highest BCUT2D eigenvalue weighted by atomic mass is 19.1. The number of rotatable bonds is 7. The number of nitrogens with one attached hydrogen (secondary N) is 1. The predicted octanol–water partition coefficient (Wildman–Crippen LogP) is 6.56. The zero-order valence-corrected chi connectivity index (χ0v) is 23.2. The molecular formula is C31H33FN6O. The Balaban J connectivity index is 1.56. The van der Waals surface area contributed by atoms with Crippen molar-refractivity contribution < 1.29 is 9.18 Å². The van der Waals surface area contributed by atoms with E-state index in [1.165, 1.54) is 17.7 Å². The smallest absolute Gasteiger partial charge is 0.270 e. The van der Waals surface area contributed by atoms with E-state index in [1.54, 1.807) is 22.7 Å². The lowest BCUT2D eigenvalue weighted by atomic mass is 9.96. The van der Waals surface area contributed by atoms with Gasteiger partial charge >= 0.3 is 0 Å². The number of aromatic nitrogens is 5. The minimum Gasteiger partial charge on any atom is -0.344 e. The van der Waals surface area contributed by atoms with E-state index in [0.717, 1.165) is 34.5 Å². The first kappa shape index (κ1) is 26.3. The summed E-state index contributed by atoms with van der Waals surface area (Å²) < 4.78 is 16.9. The molecule has 0 aliphatic rings. The van der Waals surface area contributed by atoms with E-state index in [9.17, 15) is 9.18 Å². The number of fused-ring (bicyclic) bond motifs is 1. The van der Waals surface area contributed by atoms with Gasteiger partial charge in [0.25, 0.3) is 5.91 Å². The predicted molar refractivity (Wildman–Crippen MR) is 151 cm³/mol. The van der Waals surface area contributed by atoms with E-state index in [1.807, 2.05) is 38.6 Å². The fourth-order valence-electron chi connectivity index (χ4n) is 4.87. The van der Waals surface area contributed by atoms with Crippen LogP contribution in [0.25, 0.3) is 28.2 Å². The second-order valence-electron chi connectivity index (χ2n) is 10.2. The van der Waals surface area contributed by atoms with Crippen LogP contribution in [0.15, 0.2) is 60.7 Å². The first-order valence-electron chi connectivity index (χ1n) is 13.2. The van der Waals surface area contributed by atoms with Crippen LogP contribution in [0.4, 0.5) is 4.39 Å². The van der Waals surface area contributed by atoms with Gasteiger partial charge in [-0.3, -0.25) is 9.48 Å². The Morgan fingerprint density at radius 2 is 1.62 bits per heavy atom. The number of aryl methyl sites for hydroxylation is 2. The molecule has 2 atom stereocenters. The first-order valence-corrected chi connectivity index (χ1v) is 13.2. The van der Waals surface area contributed by atoms with Crippen molar-refractivity contribution in [3.63, 3.8) is 0 Å². The van der Waals surface area contributed by atoms with E-state index in [4.69, 9.17) is 4.98 Å². The fraction of sp³-hybridized carbons (Fsp3) is 0.290. The molecular weight excluding hydrogens is 491 g/mol. The Hall–Kier alpha value is -4.33. The number of nitrogens with zero attached hydrogens (tertiary/aromatic N) is 5. The Labute approximate surface area is 227 Å². The Morgan fingerprint density at radius 1 is 0.949 bits per heavy atom. The number of benzene rings is 2. The molecule has 5 aromatic rings. The summed E-state index contributed by atoms with van der Waals surface area (Å²) in [6.07, 6.45) is 1.08. The average Bonchev–Trinajstić information content (AvgIpc) is 3.47. The summed E-state index contributed by atoms with van der Waals surface area (Å²) in [6, 6.07) is 17.9. The van der Waals surface area contributed by atoms with Gasteiger partial charge in [-0.25, -0.2) is 13.9 Å². The van der Waals surface area contributed by atoms with Gasteiger partial charge in [0, 0.05) is 29.9 Å². The standard InChI is InChI=1S/C31H33FN6O/c1-7-18(2)22-8-10-23(11-9-22)19(3)33-31(39)28-16-27(30-20(4)35-37(6)21(30)5)34-29-17-26(36-38(28)29)24-12-14-25(32)15-13-24/h8-19H,7H2,1-6H3,(H,33,39). The zero-order valence-electron chi connectivity index (χ0n) is 23.2. The molecule has 0 aliphatic carbocycles. The van der Waals surface area contributed by atoms with E-state index in [0.29, 0.717) is 28.6 Å². The summed E-state index contributed by atoms with van der Waals surface area (Å²) in [5.74, 6) is -0.103. The molecule has 0 saturated carbocycles. The van der Waals surface area contributed by atoms with Gasteiger partial charge in [-0.15, -0.1) is 0 Å². The highest BCUT2D eigenvalue weighted by Gasteiger charge is 2.22. The highest BCUT2D eigenvalue weighted by Crippen LogP contribution is 2.29. The number of hydrogen-bond donors (Lipinski definition) is 1. The molecule has 0 fully saturated rings. The third-order valence-corrected chi connectivity index (χ3v) is 7.53. The fourth-order valence-corrected chi connectivity index (χ4v) is 4.87. The SMILES string of the molecule is CCC(C)c1ccc(C(C)NC(=O)c2cc(-c3c(C)nn(C)c3C)nc3cc(-c4ccc(F)cc4)nn23)cc1. The summed E-state index contributed by atoms with van der Waals surface area (Å²) in [4.78, 5) is 18.6. The van der Waals surface area contributed by atoms with Crippen molar-refractivity contribution in [1.82, 2.24) is 29.7 Å². The molecule has 39 heavy (non-hydrogen) atoms. The monoisotopic (exact) mass is 524 g/mol. The van der Waals surface area contributed by atoms with Crippen LogP contribution >= 0.6 is 0 Å². The Morgan fingerprint density at radius 3 is 2.23 bits per heavy atom. The van der Waals surface area contributed by atoms with Crippen LogP contribution in [0.2, 0.25) is 0 Å². The third-order valence-electron chi connectivity index (χ3n) is 7.53. The lowest BCUT2D eigenvalue weighted by molar-refractivity contribution is 0.0932. The summed E-state index contributed by atoms with van der Waals surface area (Å²) in [5, 5.41) is 12.4. The largest absolute Gasteiger partial charge is 0.344 e. The number of amides is 1. The van der Waals surface area contributed by atoms with Crippen LogP contribution in [0.1, 0.15) is 72.2 Å². The molecule has 0 saturated heterocycles. The van der Waals surface area contributed by atoms with Gasteiger partial charge in [0.05, 0.1) is 23.1 Å². The summed E-state index contributed by atoms with van der Waals surface area (Å²) >= 11 is 0.